The van der Waals surface area contributed by atoms with E-state index in [1.54, 1.807) is 0 Å². The second-order valence-corrected chi connectivity index (χ2v) is 4.95. The van der Waals surface area contributed by atoms with E-state index < -0.39 is 0 Å². The first kappa shape index (κ1) is 9.51. The summed E-state index contributed by atoms with van der Waals surface area (Å²) >= 11 is 0. The summed E-state index contributed by atoms with van der Waals surface area (Å²) in [5, 5.41) is 0. The Bertz CT molecular complexity index is 372. The van der Waals surface area contributed by atoms with Gasteiger partial charge in [0.2, 0.25) is 0 Å². The van der Waals surface area contributed by atoms with Crippen molar-refractivity contribution in [2.24, 2.45) is 5.92 Å². The molecule has 0 aliphatic heterocycles. The number of hydrogen-bond acceptors (Lipinski definition) is 0. The van der Waals surface area contributed by atoms with E-state index in [-0.39, 0.29) is 0 Å². The first-order valence-corrected chi connectivity index (χ1v) is 5.31. The molecule has 0 N–H and O–H groups in total. The summed E-state index contributed by atoms with van der Waals surface area (Å²) in [6.45, 7) is 10.8. The Kier molecular flexibility index (Phi) is 2.02. The molecule has 0 heterocycles. The zero-order chi connectivity index (χ0) is 10.3. The molecule has 0 spiro atoms. The Morgan fingerprint density at radius 1 is 1.43 bits per heavy atom. The Labute approximate surface area is 86.7 Å². The first-order chi connectivity index (χ1) is 6.55. The average Bonchev–Trinajstić information content (AvgIpc) is 2.38. The lowest BCUT2D eigenvalue weighted by Crippen LogP contribution is -2.21. The van der Waals surface area contributed by atoms with Crippen LogP contribution >= 0.6 is 0 Å². The topological polar surface area (TPSA) is 0 Å². The average molecular weight is 186 g/mol. The third-order valence-electron chi connectivity index (χ3n) is 3.82. The minimum absolute atomic E-state index is 0.342. The lowest BCUT2D eigenvalue weighted by Gasteiger charge is -2.25. The van der Waals surface area contributed by atoms with Gasteiger partial charge in [0.05, 0.1) is 0 Å². The van der Waals surface area contributed by atoms with Gasteiger partial charge in [-0.25, -0.2) is 0 Å². The van der Waals surface area contributed by atoms with Crippen molar-refractivity contribution in [1.29, 1.82) is 0 Å². The molecule has 74 valence electrons. The molecule has 1 unspecified atom stereocenters. The van der Waals surface area contributed by atoms with Crippen LogP contribution in [0.4, 0.5) is 0 Å². The molecule has 0 aromatic heterocycles. The van der Waals surface area contributed by atoms with Gasteiger partial charge >= 0.3 is 0 Å². The molecule has 2 rings (SSSR count). The highest BCUT2D eigenvalue weighted by molar-refractivity contribution is 5.52. The summed E-state index contributed by atoms with van der Waals surface area (Å²) in [6, 6.07) is 6.73. The molecule has 0 heteroatoms. The second kappa shape index (κ2) is 2.98. The van der Waals surface area contributed by atoms with Gasteiger partial charge in [-0.05, 0) is 34.4 Å². The van der Waals surface area contributed by atoms with Crippen LogP contribution < -0.4 is 0 Å². The minimum Gasteiger partial charge on any atom is -0.0985 e. The lowest BCUT2D eigenvalue weighted by atomic mass is 9.79. The summed E-state index contributed by atoms with van der Waals surface area (Å²) in [4.78, 5) is 0. The van der Waals surface area contributed by atoms with Gasteiger partial charge in [0.15, 0.2) is 0 Å². The summed E-state index contributed by atoms with van der Waals surface area (Å²) in [5.74, 6) is 0.748. The molecular formula is C14H18. The maximum absolute atomic E-state index is 3.81. The van der Waals surface area contributed by atoms with Crippen LogP contribution in [0, 0.1) is 5.92 Å². The van der Waals surface area contributed by atoms with Crippen molar-refractivity contribution in [3.05, 3.63) is 41.5 Å². The normalized spacial score (nSPS) is 23.2. The van der Waals surface area contributed by atoms with E-state index in [1.807, 2.05) is 6.08 Å². The van der Waals surface area contributed by atoms with Crippen LogP contribution in [0.1, 0.15) is 37.5 Å². The highest BCUT2D eigenvalue weighted by Gasteiger charge is 2.35. The van der Waals surface area contributed by atoms with Gasteiger partial charge in [0.25, 0.3) is 0 Å². The fourth-order valence-corrected chi connectivity index (χ4v) is 2.39. The van der Waals surface area contributed by atoms with Crippen molar-refractivity contribution in [2.75, 3.05) is 0 Å². The van der Waals surface area contributed by atoms with E-state index in [9.17, 15) is 0 Å². The van der Waals surface area contributed by atoms with Crippen LogP contribution in [-0.2, 0) is 11.8 Å². The Morgan fingerprint density at radius 3 is 2.79 bits per heavy atom. The Hall–Kier alpha value is -1.04. The number of hydrogen-bond donors (Lipinski definition) is 0. The minimum atomic E-state index is 0.342. The molecule has 1 aromatic carbocycles. The Balaban J connectivity index is 2.53. The van der Waals surface area contributed by atoms with Crippen LogP contribution in [-0.4, -0.2) is 0 Å². The standard InChI is InChI=1S/C14H18/c1-5-11-6-7-13-12(9-11)8-10(2)14(13,3)4/h5-7,9-10H,1,8H2,2-4H3. The van der Waals surface area contributed by atoms with Crippen LogP contribution in [0.5, 0.6) is 0 Å². The van der Waals surface area contributed by atoms with Crippen molar-refractivity contribution in [2.45, 2.75) is 32.6 Å². The molecule has 0 amide bonds. The van der Waals surface area contributed by atoms with Crippen molar-refractivity contribution >= 4 is 6.08 Å². The predicted molar refractivity (Wildman–Crippen MR) is 62.4 cm³/mol. The van der Waals surface area contributed by atoms with E-state index in [4.69, 9.17) is 0 Å². The van der Waals surface area contributed by atoms with Gasteiger partial charge in [0, 0.05) is 0 Å². The molecule has 0 saturated heterocycles. The monoisotopic (exact) mass is 186 g/mol. The van der Waals surface area contributed by atoms with Gasteiger partial charge in [-0.2, -0.15) is 0 Å². The van der Waals surface area contributed by atoms with E-state index >= 15 is 0 Å². The SMILES string of the molecule is C=Cc1ccc2c(c1)CC(C)C2(C)C. The third-order valence-corrected chi connectivity index (χ3v) is 3.82. The summed E-state index contributed by atoms with van der Waals surface area (Å²) in [5.41, 5.74) is 4.62. The molecule has 0 saturated carbocycles. The van der Waals surface area contributed by atoms with Gasteiger partial charge in [-0.1, -0.05) is 51.6 Å². The fourth-order valence-electron chi connectivity index (χ4n) is 2.39. The molecule has 0 radical (unpaired) electrons. The van der Waals surface area contributed by atoms with E-state index in [0.717, 1.165) is 5.92 Å². The quantitative estimate of drug-likeness (QED) is 0.626. The van der Waals surface area contributed by atoms with Gasteiger partial charge in [0.1, 0.15) is 0 Å². The smallest absolute Gasteiger partial charge is 0.00720 e. The lowest BCUT2D eigenvalue weighted by molar-refractivity contribution is 0.379. The Morgan fingerprint density at radius 2 is 2.14 bits per heavy atom. The third kappa shape index (κ3) is 1.21. The molecular weight excluding hydrogens is 168 g/mol. The van der Waals surface area contributed by atoms with Crippen LogP contribution in [0.15, 0.2) is 24.8 Å². The van der Waals surface area contributed by atoms with Crippen molar-refractivity contribution in [3.8, 4) is 0 Å². The molecule has 14 heavy (non-hydrogen) atoms. The molecule has 0 fully saturated rings. The summed E-state index contributed by atoms with van der Waals surface area (Å²) in [7, 11) is 0. The van der Waals surface area contributed by atoms with Gasteiger partial charge < -0.3 is 0 Å². The van der Waals surface area contributed by atoms with Crippen molar-refractivity contribution < 1.29 is 0 Å². The van der Waals surface area contributed by atoms with Crippen LogP contribution in [0.2, 0.25) is 0 Å². The number of benzene rings is 1. The fraction of sp³-hybridized carbons (Fsp3) is 0.429. The van der Waals surface area contributed by atoms with Crippen molar-refractivity contribution in [1.82, 2.24) is 0 Å². The number of rotatable bonds is 1. The van der Waals surface area contributed by atoms with Crippen molar-refractivity contribution in [3.63, 3.8) is 0 Å². The summed E-state index contributed by atoms with van der Waals surface area (Å²) in [6.07, 6.45) is 3.14. The summed E-state index contributed by atoms with van der Waals surface area (Å²) < 4.78 is 0. The molecule has 0 bridgehead atoms. The number of fused-ring (bicyclic) bond motifs is 1. The predicted octanol–water partition coefficient (Wildman–Crippen LogP) is 3.80. The molecule has 1 aliphatic carbocycles. The zero-order valence-corrected chi connectivity index (χ0v) is 9.30. The maximum Gasteiger partial charge on any atom is -0.00720 e. The first-order valence-electron chi connectivity index (χ1n) is 5.31. The van der Waals surface area contributed by atoms with E-state index in [0.29, 0.717) is 5.41 Å². The molecule has 1 aromatic rings. The molecule has 1 aliphatic rings. The largest absolute Gasteiger partial charge is 0.0985 e. The maximum atomic E-state index is 3.81. The highest BCUT2D eigenvalue weighted by atomic mass is 14.4. The van der Waals surface area contributed by atoms with Crippen LogP contribution in [0.25, 0.3) is 6.08 Å². The highest BCUT2D eigenvalue weighted by Crippen LogP contribution is 2.42. The molecule has 1 atom stereocenters. The van der Waals surface area contributed by atoms with E-state index in [1.165, 1.54) is 23.1 Å². The van der Waals surface area contributed by atoms with E-state index in [2.05, 4.69) is 45.5 Å². The second-order valence-electron chi connectivity index (χ2n) is 4.95. The zero-order valence-electron chi connectivity index (χ0n) is 9.30. The van der Waals surface area contributed by atoms with Gasteiger partial charge in [-0.3, -0.25) is 0 Å². The van der Waals surface area contributed by atoms with Crippen LogP contribution in [0.3, 0.4) is 0 Å². The van der Waals surface area contributed by atoms with Gasteiger partial charge in [-0.15, -0.1) is 0 Å². The molecule has 0 nitrogen and oxygen atoms in total.